The van der Waals surface area contributed by atoms with Crippen LogP contribution in [-0.2, 0) is 4.74 Å². The zero-order chi connectivity index (χ0) is 22.5. The van der Waals surface area contributed by atoms with Crippen molar-refractivity contribution in [3.63, 3.8) is 0 Å². The first kappa shape index (κ1) is 23.4. The molecule has 2 atom stereocenters. The van der Waals surface area contributed by atoms with Crippen LogP contribution in [0.4, 0.5) is 10.5 Å². The van der Waals surface area contributed by atoms with Crippen molar-refractivity contribution in [1.29, 1.82) is 0 Å². The van der Waals surface area contributed by atoms with Crippen LogP contribution in [0.1, 0.15) is 29.6 Å². The van der Waals surface area contributed by atoms with Crippen LogP contribution in [0.2, 0.25) is 5.02 Å². The van der Waals surface area contributed by atoms with Crippen molar-refractivity contribution in [2.24, 2.45) is 5.92 Å². The highest BCUT2D eigenvalue weighted by molar-refractivity contribution is 6.33. The fraction of sp³-hybridized carbons (Fsp3) is 0.619. The fourth-order valence-corrected chi connectivity index (χ4v) is 4.55. The van der Waals surface area contributed by atoms with E-state index in [0.717, 1.165) is 32.4 Å². The smallest absolute Gasteiger partial charge is 0.407 e. The number of carbonyl (C=O) groups is 2. The molecular weight excluding hydrogens is 424 g/mol. The quantitative estimate of drug-likeness (QED) is 0.563. The minimum atomic E-state index is -0.839. The van der Waals surface area contributed by atoms with E-state index in [4.69, 9.17) is 31.9 Å². The van der Waals surface area contributed by atoms with E-state index in [9.17, 15) is 9.59 Å². The van der Waals surface area contributed by atoms with Crippen LogP contribution in [0.25, 0.3) is 0 Å². The van der Waals surface area contributed by atoms with Crippen molar-refractivity contribution in [2.75, 3.05) is 52.7 Å². The van der Waals surface area contributed by atoms with E-state index in [1.165, 1.54) is 18.1 Å². The van der Waals surface area contributed by atoms with Crippen molar-refractivity contribution in [2.45, 2.75) is 31.4 Å². The third-order valence-corrected chi connectivity index (χ3v) is 6.55. The van der Waals surface area contributed by atoms with Gasteiger partial charge in [0, 0.05) is 45.9 Å². The number of rotatable bonds is 6. The number of amides is 2. The van der Waals surface area contributed by atoms with E-state index < -0.39 is 6.09 Å². The van der Waals surface area contributed by atoms with Crippen LogP contribution >= 0.6 is 11.6 Å². The maximum atomic E-state index is 12.9. The minimum Gasteiger partial charge on any atom is -0.496 e. The van der Waals surface area contributed by atoms with Gasteiger partial charge in [-0.25, -0.2) is 4.79 Å². The number of likely N-dealkylation sites (tertiary alicyclic amines) is 2. The Balaban J connectivity index is 1.56. The molecule has 10 heteroatoms. The van der Waals surface area contributed by atoms with E-state index in [1.54, 1.807) is 13.2 Å². The van der Waals surface area contributed by atoms with Gasteiger partial charge in [0.25, 0.3) is 5.91 Å². The average molecular weight is 455 g/mol. The molecule has 0 bridgehead atoms. The van der Waals surface area contributed by atoms with Crippen LogP contribution in [0.5, 0.6) is 5.75 Å². The van der Waals surface area contributed by atoms with Crippen molar-refractivity contribution in [3.8, 4) is 5.75 Å². The lowest BCUT2D eigenvalue weighted by Crippen LogP contribution is -2.55. The number of methoxy groups -OCH3 is 2. The topological polar surface area (TPSA) is 117 Å². The van der Waals surface area contributed by atoms with Crippen LogP contribution < -0.4 is 15.8 Å². The monoisotopic (exact) mass is 454 g/mol. The predicted molar refractivity (Wildman–Crippen MR) is 118 cm³/mol. The number of nitrogens with one attached hydrogen (secondary N) is 1. The van der Waals surface area contributed by atoms with Crippen LogP contribution in [0.15, 0.2) is 12.1 Å². The number of nitrogens with two attached hydrogens (primary N) is 1. The summed E-state index contributed by atoms with van der Waals surface area (Å²) in [7, 11) is 3.14. The van der Waals surface area contributed by atoms with Gasteiger partial charge in [-0.3, -0.25) is 4.79 Å². The number of carbonyl (C=O) groups excluding carboxylic acids is 1. The molecule has 0 saturated carbocycles. The summed E-state index contributed by atoms with van der Waals surface area (Å²) >= 11 is 6.10. The minimum absolute atomic E-state index is 0.136. The molecule has 0 aliphatic carbocycles. The first-order valence-corrected chi connectivity index (χ1v) is 10.9. The molecule has 2 amide bonds. The molecule has 2 saturated heterocycles. The number of anilines is 1. The van der Waals surface area contributed by atoms with E-state index in [0.29, 0.717) is 47.6 Å². The second kappa shape index (κ2) is 10.4. The van der Waals surface area contributed by atoms with E-state index in [2.05, 4.69) is 10.2 Å². The molecule has 2 fully saturated rings. The van der Waals surface area contributed by atoms with Gasteiger partial charge in [0.2, 0.25) is 0 Å². The van der Waals surface area contributed by atoms with E-state index in [1.807, 2.05) is 0 Å². The lowest BCUT2D eigenvalue weighted by molar-refractivity contribution is -0.00103. The summed E-state index contributed by atoms with van der Waals surface area (Å²) in [6.45, 7) is 3.64. The van der Waals surface area contributed by atoms with Crippen molar-refractivity contribution in [1.82, 2.24) is 15.1 Å². The summed E-state index contributed by atoms with van der Waals surface area (Å²) in [5.74, 6) is 0.569. The molecule has 4 N–H and O–H groups in total. The first-order chi connectivity index (χ1) is 14.8. The Labute approximate surface area is 187 Å². The molecule has 0 spiro atoms. The molecule has 3 rings (SSSR count). The zero-order valence-corrected chi connectivity index (χ0v) is 18.7. The summed E-state index contributed by atoms with van der Waals surface area (Å²) in [5.41, 5.74) is 6.50. The molecule has 0 radical (unpaired) electrons. The average Bonchev–Trinajstić information content (AvgIpc) is 2.76. The molecule has 172 valence electrons. The van der Waals surface area contributed by atoms with Crippen molar-refractivity contribution in [3.05, 3.63) is 22.7 Å². The number of piperidine rings is 2. The SMILES string of the molecule is COc1cc(N)c(Cl)cc1C(=O)N[C@@H]1CCN(CC2CCN(C(=O)O)CC2)C[C@@H]1OC. The molecule has 9 nitrogen and oxygen atoms in total. The number of hydrogen-bond acceptors (Lipinski definition) is 6. The fourth-order valence-electron chi connectivity index (χ4n) is 4.38. The van der Waals surface area contributed by atoms with E-state index >= 15 is 0 Å². The summed E-state index contributed by atoms with van der Waals surface area (Å²) < 4.78 is 11.0. The Kier molecular flexibility index (Phi) is 7.85. The highest BCUT2D eigenvalue weighted by Gasteiger charge is 2.33. The Hall–Kier alpha value is -2.23. The summed E-state index contributed by atoms with van der Waals surface area (Å²) in [5, 5.41) is 12.5. The second-order valence-corrected chi connectivity index (χ2v) is 8.60. The van der Waals surface area contributed by atoms with Gasteiger partial charge >= 0.3 is 6.09 Å². The van der Waals surface area contributed by atoms with Gasteiger partial charge in [-0.15, -0.1) is 0 Å². The molecule has 2 aliphatic rings. The van der Waals surface area contributed by atoms with Crippen molar-refractivity contribution < 1.29 is 24.2 Å². The largest absolute Gasteiger partial charge is 0.496 e. The maximum absolute atomic E-state index is 12.9. The van der Waals surface area contributed by atoms with Crippen molar-refractivity contribution >= 4 is 29.3 Å². The summed E-state index contributed by atoms with van der Waals surface area (Å²) in [6, 6.07) is 2.93. The number of nitrogen functional groups attached to an aromatic ring is 1. The second-order valence-electron chi connectivity index (χ2n) is 8.19. The third kappa shape index (κ3) is 5.72. The molecule has 1 aromatic rings. The third-order valence-electron chi connectivity index (χ3n) is 6.23. The lowest BCUT2D eigenvalue weighted by Gasteiger charge is -2.40. The molecule has 2 aliphatic heterocycles. The number of halogens is 1. The van der Waals surface area contributed by atoms with Gasteiger partial charge in [-0.2, -0.15) is 0 Å². The zero-order valence-electron chi connectivity index (χ0n) is 18.0. The first-order valence-electron chi connectivity index (χ1n) is 10.5. The summed E-state index contributed by atoms with van der Waals surface area (Å²) in [4.78, 5) is 27.8. The van der Waals surface area contributed by atoms with Crippen LogP contribution in [0, 0.1) is 5.92 Å². The Morgan fingerprint density at radius 1 is 1.23 bits per heavy atom. The number of benzene rings is 1. The van der Waals surface area contributed by atoms with Gasteiger partial charge in [0.15, 0.2) is 0 Å². The standard InChI is InChI=1S/C21H31ClN4O5/c1-30-18-10-16(23)15(22)9-14(18)20(27)24-17-5-6-25(12-19(17)31-2)11-13-3-7-26(8-4-13)21(28)29/h9-10,13,17,19H,3-8,11-12,23H2,1-2H3,(H,24,27)(H,28,29)/t17-,19+/m1/s1. The molecular formula is C21H31ClN4O5. The Bertz CT molecular complexity index is 800. The van der Waals surface area contributed by atoms with E-state index in [-0.39, 0.29) is 18.1 Å². The molecule has 2 heterocycles. The van der Waals surface area contributed by atoms with Crippen LogP contribution in [0.3, 0.4) is 0 Å². The van der Waals surface area contributed by atoms with Crippen LogP contribution in [-0.4, -0.2) is 86.0 Å². The predicted octanol–water partition coefficient (Wildman–Crippen LogP) is 2.14. The number of hydrogen-bond donors (Lipinski definition) is 3. The molecule has 0 unspecified atom stereocenters. The van der Waals surface area contributed by atoms with Gasteiger partial charge in [0.05, 0.1) is 35.5 Å². The molecule has 31 heavy (non-hydrogen) atoms. The number of nitrogens with zero attached hydrogens (tertiary/aromatic N) is 2. The molecule has 0 aromatic heterocycles. The van der Waals surface area contributed by atoms with Gasteiger partial charge < -0.3 is 35.4 Å². The Morgan fingerprint density at radius 3 is 2.55 bits per heavy atom. The normalized spacial score (nSPS) is 22.9. The van der Waals surface area contributed by atoms with Gasteiger partial charge in [0.1, 0.15) is 5.75 Å². The summed E-state index contributed by atoms with van der Waals surface area (Å²) in [6.07, 6.45) is 1.51. The van der Waals surface area contributed by atoms with Gasteiger partial charge in [-0.1, -0.05) is 11.6 Å². The molecule has 1 aromatic carbocycles. The lowest BCUT2D eigenvalue weighted by atomic mass is 9.94. The number of ether oxygens (including phenoxy) is 2. The van der Waals surface area contributed by atoms with Gasteiger partial charge in [-0.05, 0) is 31.2 Å². The highest BCUT2D eigenvalue weighted by atomic mass is 35.5. The number of carboxylic acid groups (broad SMARTS) is 1. The highest BCUT2D eigenvalue weighted by Crippen LogP contribution is 2.29. The Morgan fingerprint density at radius 2 is 1.94 bits per heavy atom. The maximum Gasteiger partial charge on any atom is 0.407 e.